The summed E-state index contributed by atoms with van der Waals surface area (Å²) in [5, 5.41) is 3.66. The highest BCUT2D eigenvalue weighted by Gasteiger charge is 2.23. The predicted octanol–water partition coefficient (Wildman–Crippen LogP) is 3.00. The molecule has 100 valence electrons. The van der Waals surface area contributed by atoms with Crippen molar-refractivity contribution in [3.05, 3.63) is 52.0 Å². The molecule has 0 radical (unpaired) electrons. The number of nitrogens with zero attached hydrogens (tertiary/aromatic N) is 2. The number of halogens is 1. The summed E-state index contributed by atoms with van der Waals surface area (Å²) in [5.74, 6) is 1.14. The number of benzene rings is 1. The highest BCUT2D eigenvalue weighted by atomic mass is 79.9. The monoisotopic (exact) mass is 319 g/mol. The smallest absolute Gasteiger partial charge is 0.109 e. The van der Waals surface area contributed by atoms with Crippen molar-refractivity contribution in [2.24, 2.45) is 7.05 Å². The van der Waals surface area contributed by atoms with Crippen LogP contribution >= 0.6 is 15.9 Å². The third-order valence-corrected chi connectivity index (χ3v) is 4.62. The first-order chi connectivity index (χ1) is 9.25. The van der Waals surface area contributed by atoms with Crippen LogP contribution in [0.15, 0.2) is 35.1 Å². The normalized spacial score (nSPS) is 17.7. The topological polar surface area (TPSA) is 29.9 Å². The van der Waals surface area contributed by atoms with E-state index in [1.807, 2.05) is 19.4 Å². The fraction of sp³-hybridized carbons (Fsp3) is 0.400. The van der Waals surface area contributed by atoms with E-state index in [-0.39, 0.29) is 0 Å². The first kappa shape index (κ1) is 12.9. The van der Waals surface area contributed by atoms with Gasteiger partial charge in [0.05, 0.1) is 0 Å². The van der Waals surface area contributed by atoms with Crippen LogP contribution in [-0.4, -0.2) is 16.1 Å². The van der Waals surface area contributed by atoms with E-state index >= 15 is 0 Å². The Bertz CT molecular complexity index is 577. The Morgan fingerprint density at radius 3 is 3.16 bits per heavy atom. The van der Waals surface area contributed by atoms with E-state index in [1.165, 1.54) is 22.0 Å². The minimum absolute atomic E-state index is 0.493. The molecule has 1 N–H and O–H groups in total. The lowest BCUT2D eigenvalue weighted by molar-refractivity contribution is 0.526. The maximum absolute atomic E-state index is 4.35. The van der Waals surface area contributed by atoms with Gasteiger partial charge in [-0.1, -0.05) is 28.1 Å². The van der Waals surface area contributed by atoms with Gasteiger partial charge in [0.15, 0.2) is 0 Å². The van der Waals surface area contributed by atoms with E-state index < -0.39 is 0 Å². The molecule has 3 nitrogen and oxygen atoms in total. The molecule has 0 amide bonds. The SMILES string of the molecule is Cn1ccnc1CCNC1CCc2c(Br)cccc21. The quantitative estimate of drug-likeness (QED) is 0.938. The lowest BCUT2D eigenvalue weighted by Crippen LogP contribution is -2.22. The van der Waals surface area contributed by atoms with Crippen molar-refractivity contribution in [1.29, 1.82) is 0 Å². The second-order valence-corrected chi connectivity index (χ2v) is 5.91. The van der Waals surface area contributed by atoms with Crippen LogP contribution in [0.3, 0.4) is 0 Å². The molecule has 4 heteroatoms. The van der Waals surface area contributed by atoms with Crippen LogP contribution in [-0.2, 0) is 19.9 Å². The van der Waals surface area contributed by atoms with E-state index in [9.17, 15) is 0 Å². The fourth-order valence-corrected chi connectivity index (χ4v) is 3.40. The summed E-state index contributed by atoms with van der Waals surface area (Å²) in [6.45, 7) is 0.974. The van der Waals surface area contributed by atoms with Crippen molar-refractivity contribution >= 4 is 15.9 Å². The van der Waals surface area contributed by atoms with E-state index in [2.05, 4.69) is 49.0 Å². The molecule has 1 aliphatic carbocycles. The number of rotatable bonds is 4. The number of hydrogen-bond donors (Lipinski definition) is 1. The molecule has 1 heterocycles. The first-order valence-electron chi connectivity index (χ1n) is 6.72. The Labute approximate surface area is 122 Å². The van der Waals surface area contributed by atoms with Crippen LogP contribution in [0.2, 0.25) is 0 Å². The summed E-state index contributed by atoms with van der Waals surface area (Å²) < 4.78 is 3.33. The van der Waals surface area contributed by atoms with E-state index in [0.717, 1.165) is 25.2 Å². The van der Waals surface area contributed by atoms with Crippen LogP contribution in [0.25, 0.3) is 0 Å². The second kappa shape index (κ2) is 5.47. The Morgan fingerprint density at radius 1 is 1.47 bits per heavy atom. The van der Waals surface area contributed by atoms with Gasteiger partial charge in [-0.25, -0.2) is 4.98 Å². The molecule has 0 fully saturated rings. The van der Waals surface area contributed by atoms with E-state index in [0.29, 0.717) is 6.04 Å². The molecular formula is C15H18BrN3. The maximum Gasteiger partial charge on any atom is 0.109 e. The van der Waals surface area contributed by atoms with Gasteiger partial charge in [-0.2, -0.15) is 0 Å². The second-order valence-electron chi connectivity index (χ2n) is 5.06. The molecule has 0 saturated carbocycles. The van der Waals surface area contributed by atoms with Gasteiger partial charge in [0.2, 0.25) is 0 Å². The average Bonchev–Trinajstić information content (AvgIpc) is 2.98. The highest BCUT2D eigenvalue weighted by molar-refractivity contribution is 9.10. The summed E-state index contributed by atoms with van der Waals surface area (Å²) >= 11 is 3.64. The zero-order chi connectivity index (χ0) is 13.2. The summed E-state index contributed by atoms with van der Waals surface area (Å²) in [5.41, 5.74) is 2.92. The van der Waals surface area contributed by atoms with Crippen LogP contribution in [0.5, 0.6) is 0 Å². The fourth-order valence-electron chi connectivity index (χ4n) is 2.82. The molecule has 1 aromatic heterocycles. The van der Waals surface area contributed by atoms with Crippen LogP contribution < -0.4 is 5.32 Å². The zero-order valence-corrected chi connectivity index (χ0v) is 12.7. The number of aromatic nitrogens is 2. The third-order valence-electron chi connectivity index (χ3n) is 3.87. The molecule has 3 rings (SSSR count). The Hall–Kier alpha value is -1.13. The molecule has 1 aliphatic rings. The summed E-state index contributed by atoms with van der Waals surface area (Å²) in [6.07, 6.45) is 7.19. The molecule has 0 aliphatic heterocycles. The van der Waals surface area contributed by atoms with Crippen molar-refractivity contribution in [2.45, 2.75) is 25.3 Å². The zero-order valence-electron chi connectivity index (χ0n) is 11.1. The molecule has 1 unspecified atom stereocenters. The van der Waals surface area contributed by atoms with Crippen molar-refractivity contribution in [3.8, 4) is 0 Å². The molecular weight excluding hydrogens is 302 g/mol. The Kier molecular flexibility index (Phi) is 3.71. The van der Waals surface area contributed by atoms with Crippen LogP contribution in [0, 0.1) is 0 Å². The van der Waals surface area contributed by atoms with Gasteiger partial charge in [0.25, 0.3) is 0 Å². The summed E-state index contributed by atoms with van der Waals surface area (Å²) in [4.78, 5) is 4.35. The van der Waals surface area contributed by atoms with Crippen molar-refractivity contribution in [1.82, 2.24) is 14.9 Å². The highest BCUT2D eigenvalue weighted by Crippen LogP contribution is 2.35. The van der Waals surface area contributed by atoms with Gasteiger partial charge in [0, 0.05) is 42.9 Å². The molecule has 19 heavy (non-hydrogen) atoms. The van der Waals surface area contributed by atoms with Crippen molar-refractivity contribution in [2.75, 3.05) is 6.54 Å². The van der Waals surface area contributed by atoms with Gasteiger partial charge < -0.3 is 9.88 Å². The minimum atomic E-state index is 0.493. The molecule has 1 atom stereocenters. The van der Waals surface area contributed by atoms with Gasteiger partial charge in [-0.05, 0) is 30.0 Å². The van der Waals surface area contributed by atoms with E-state index in [4.69, 9.17) is 0 Å². The number of aryl methyl sites for hydroxylation is 1. The third kappa shape index (κ3) is 2.60. The lowest BCUT2D eigenvalue weighted by atomic mass is 10.1. The number of fused-ring (bicyclic) bond motifs is 1. The molecule has 1 aromatic carbocycles. The summed E-state index contributed by atoms with van der Waals surface area (Å²) in [6, 6.07) is 7.00. The molecule has 0 bridgehead atoms. The van der Waals surface area contributed by atoms with Gasteiger partial charge in [-0.15, -0.1) is 0 Å². The predicted molar refractivity (Wildman–Crippen MR) is 80.1 cm³/mol. The standard InChI is InChI=1S/C15H18BrN3/c1-19-10-9-18-15(19)7-8-17-14-6-5-11-12(14)3-2-4-13(11)16/h2-4,9-10,14,17H,5-8H2,1H3. The number of nitrogens with one attached hydrogen (secondary N) is 1. The van der Waals surface area contributed by atoms with Crippen molar-refractivity contribution in [3.63, 3.8) is 0 Å². The van der Waals surface area contributed by atoms with E-state index in [1.54, 1.807) is 0 Å². The van der Waals surface area contributed by atoms with Gasteiger partial charge in [-0.3, -0.25) is 0 Å². The molecule has 2 aromatic rings. The Balaban J connectivity index is 1.61. The minimum Gasteiger partial charge on any atom is -0.338 e. The van der Waals surface area contributed by atoms with Crippen molar-refractivity contribution < 1.29 is 0 Å². The largest absolute Gasteiger partial charge is 0.338 e. The number of imidazole rings is 1. The lowest BCUT2D eigenvalue weighted by Gasteiger charge is -2.14. The first-order valence-corrected chi connectivity index (χ1v) is 7.52. The van der Waals surface area contributed by atoms with Gasteiger partial charge in [0.1, 0.15) is 5.82 Å². The summed E-state index contributed by atoms with van der Waals surface area (Å²) in [7, 11) is 2.05. The molecule has 0 saturated heterocycles. The molecule has 0 spiro atoms. The number of hydrogen-bond acceptors (Lipinski definition) is 2. The van der Waals surface area contributed by atoms with Crippen LogP contribution in [0.4, 0.5) is 0 Å². The maximum atomic E-state index is 4.35. The van der Waals surface area contributed by atoms with Gasteiger partial charge >= 0.3 is 0 Å². The van der Waals surface area contributed by atoms with Crippen LogP contribution in [0.1, 0.15) is 29.4 Å². The Morgan fingerprint density at radius 2 is 2.37 bits per heavy atom. The average molecular weight is 320 g/mol.